The van der Waals surface area contributed by atoms with Gasteiger partial charge < -0.3 is 30.4 Å². The van der Waals surface area contributed by atoms with Crippen molar-refractivity contribution in [1.82, 2.24) is 25.5 Å². The Morgan fingerprint density at radius 2 is 1.94 bits per heavy atom. The van der Waals surface area contributed by atoms with E-state index in [-0.39, 0.29) is 35.1 Å². The van der Waals surface area contributed by atoms with Gasteiger partial charge in [-0.25, -0.2) is 4.79 Å². The van der Waals surface area contributed by atoms with Crippen molar-refractivity contribution >= 4 is 35.5 Å². The van der Waals surface area contributed by atoms with Gasteiger partial charge in [0.15, 0.2) is 0 Å². The molecule has 4 atom stereocenters. The van der Waals surface area contributed by atoms with Gasteiger partial charge in [-0.15, -0.1) is 11.8 Å². The van der Waals surface area contributed by atoms with E-state index in [1.165, 1.54) is 16.7 Å². The van der Waals surface area contributed by atoms with E-state index < -0.39 is 63.2 Å². The van der Waals surface area contributed by atoms with Crippen LogP contribution in [0.1, 0.15) is 37.0 Å². The number of aliphatic carboxylic acids is 1. The smallest absolute Gasteiger partial charge is 0.548 e. The van der Waals surface area contributed by atoms with Crippen molar-refractivity contribution in [1.29, 1.82) is 0 Å². The van der Waals surface area contributed by atoms with Crippen LogP contribution in [0, 0.1) is 0 Å². The first-order chi connectivity index (χ1) is 16.0. The molecule has 0 aromatic carbocycles. The van der Waals surface area contributed by atoms with Crippen LogP contribution in [0.3, 0.4) is 0 Å². The summed E-state index contributed by atoms with van der Waals surface area (Å²) in [5.41, 5.74) is -1.53. The number of carbonyl (C=O) groups is 4. The van der Waals surface area contributed by atoms with Crippen LogP contribution < -0.4 is 56.5 Å². The Bertz CT molecular complexity index is 1250. The first-order valence-corrected chi connectivity index (χ1v) is 11.4. The molecule has 2 saturated heterocycles. The maximum absolute atomic E-state index is 13.2. The molecule has 3 amide bonds. The minimum Gasteiger partial charge on any atom is -0.548 e. The number of aromatic amines is 2. The van der Waals surface area contributed by atoms with Crippen molar-refractivity contribution in [3.63, 3.8) is 0 Å². The Balaban J connectivity index is 0.00000342. The predicted molar refractivity (Wildman–Crippen MR) is 118 cm³/mol. The number of carboxylic acids is 1. The number of nitrogens with one attached hydrogen (secondary N) is 4. The number of aromatic nitrogens is 2. The third kappa shape index (κ3) is 5.03. The number of hydrogen-bond acceptors (Lipinski definition) is 8. The standard InChI is InChI=1S/C21H23N5O7S.Na/c1-21(2)13(19(31)32)26-17(30)12(18(26)34-21)24-16(29)11(9-6-4-3-5-7-9)23-14(27)10-8-22-20(33)25-15(10)28;/h3-4,7-8,11-13,18H,5-6H2,1-2H3,(H,23,27)(H,24,29)(H,31,32)(H2,22,25,28,33);/q;+1/p-1/t11?,12-,13+,18-;/m1./s1. The zero-order valence-electron chi connectivity index (χ0n) is 19.2. The summed E-state index contributed by atoms with van der Waals surface area (Å²) in [4.78, 5) is 78.8. The fourth-order valence-corrected chi connectivity index (χ4v) is 5.95. The second-order valence-electron chi connectivity index (χ2n) is 8.65. The first-order valence-electron chi connectivity index (χ1n) is 10.5. The molecule has 1 aromatic rings. The minimum atomic E-state index is -1.37. The van der Waals surface area contributed by atoms with Gasteiger partial charge >= 0.3 is 35.2 Å². The molecular weight excluding hydrogens is 489 g/mol. The minimum absolute atomic E-state index is 0. The number of thioether (sulfide) groups is 1. The van der Waals surface area contributed by atoms with Crippen molar-refractivity contribution in [2.45, 2.75) is 54.9 Å². The van der Waals surface area contributed by atoms with Crippen molar-refractivity contribution in [3.05, 3.63) is 56.4 Å². The maximum atomic E-state index is 13.2. The van der Waals surface area contributed by atoms with Crippen LogP contribution in [-0.4, -0.2) is 66.8 Å². The summed E-state index contributed by atoms with van der Waals surface area (Å²) in [7, 11) is 0. The van der Waals surface area contributed by atoms with E-state index in [9.17, 15) is 33.9 Å². The number of carbonyl (C=O) groups excluding carboxylic acids is 4. The number of amides is 3. The summed E-state index contributed by atoms with van der Waals surface area (Å²) in [5.74, 6) is -3.48. The number of allylic oxidation sites excluding steroid dienone is 3. The number of H-pyrrole nitrogens is 2. The van der Waals surface area contributed by atoms with Crippen LogP contribution >= 0.6 is 11.8 Å². The predicted octanol–water partition coefficient (Wildman–Crippen LogP) is -5.26. The summed E-state index contributed by atoms with van der Waals surface area (Å²) >= 11 is 1.25. The van der Waals surface area contributed by atoms with E-state index >= 15 is 0 Å². The molecule has 4 rings (SSSR count). The van der Waals surface area contributed by atoms with Crippen LogP contribution in [0.2, 0.25) is 0 Å². The summed E-state index contributed by atoms with van der Waals surface area (Å²) in [6.45, 7) is 3.37. The van der Waals surface area contributed by atoms with Gasteiger partial charge in [0.05, 0.1) is 12.0 Å². The topological polar surface area (TPSA) is 184 Å². The quantitative estimate of drug-likeness (QED) is 0.166. The van der Waals surface area contributed by atoms with Gasteiger partial charge in [0.1, 0.15) is 23.0 Å². The first kappa shape index (κ1) is 27.0. The molecule has 0 saturated carbocycles. The van der Waals surface area contributed by atoms with E-state index in [4.69, 9.17) is 0 Å². The monoisotopic (exact) mass is 511 g/mol. The molecule has 3 heterocycles. The molecule has 35 heavy (non-hydrogen) atoms. The molecule has 0 spiro atoms. The van der Waals surface area contributed by atoms with E-state index in [1.54, 1.807) is 19.9 Å². The fraction of sp³-hybridized carbons (Fsp3) is 0.429. The summed E-state index contributed by atoms with van der Waals surface area (Å²) in [6, 6.07) is -3.30. The second kappa shape index (κ2) is 10.2. The third-order valence-corrected chi connectivity index (χ3v) is 7.54. The SMILES string of the molecule is CC1(C)S[C@@H]2[C@H](NC(=O)C(NC(=O)c3c[nH]c(=O)[nH]c3=O)C3=CCC=CC3)C(=O)N2[C@H]1C(=O)[O-].[Na+]. The van der Waals surface area contributed by atoms with Crippen LogP contribution in [0.5, 0.6) is 0 Å². The van der Waals surface area contributed by atoms with E-state index in [0.717, 1.165) is 6.20 Å². The number of fused-ring (bicyclic) bond motifs is 1. The van der Waals surface area contributed by atoms with Crippen molar-refractivity contribution in [2.24, 2.45) is 0 Å². The van der Waals surface area contributed by atoms with Crippen LogP contribution in [0.4, 0.5) is 0 Å². The molecule has 1 aliphatic carbocycles. The zero-order valence-corrected chi connectivity index (χ0v) is 22.1. The molecule has 0 radical (unpaired) electrons. The van der Waals surface area contributed by atoms with E-state index in [2.05, 4.69) is 15.6 Å². The third-order valence-electron chi connectivity index (χ3n) is 5.97. The summed E-state index contributed by atoms with van der Waals surface area (Å²) in [6.07, 6.45) is 7.32. The molecule has 4 N–H and O–H groups in total. The summed E-state index contributed by atoms with van der Waals surface area (Å²) < 4.78 is -0.811. The largest absolute Gasteiger partial charge is 1.00 e. The Kier molecular flexibility index (Phi) is 7.84. The molecule has 3 aliphatic rings. The van der Waals surface area contributed by atoms with Crippen molar-refractivity contribution < 1.29 is 53.8 Å². The van der Waals surface area contributed by atoms with Gasteiger partial charge in [-0.1, -0.05) is 18.2 Å². The van der Waals surface area contributed by atoms with Crippen molar-refractivity contribution in [2.75, 3.05) is 0 Å². The van der Waals surface area contributed by atoms with Gasteiger partial charge in [-0.3, -0.25) is 24.2 Å². The Labute approximate surface area is 225 Å². The maximum Gasteiger partial charge on any atom is 1.00 e. The van der Waals surface area contributed by atoms with E-state index in [1.807, 2.05) is 17.1 Å². The van der Waals surface area contributed by atoms with Gasteiger partial charge in [-0.05, 0) is 32.3 Å². The number of nitrogens with zero attached hydrogens (tertiary/aromatic N) is 1. The molecule has 180 valence electrons. The van der Waals surface area contributed by atoms with Gasteiger partial charge in [0.25, 0.3) is 11.5 Å². The fourth-order valence-electron chi connectivity index (χ4n) is 4.33. The number of hydrogen-bond donors (Lipinski definition) is 4. The Hall–Kier alpha value is -2.61. The number of rotatable bonds is 6. The molecule has 12 nitrogen and oxygen atoms in total. The molecule has 2 fully saturated rings. The molecular formula is C21H22N5NaO7S. The average molecular weight is 511 g/mol. The molecule has 1 unspecified atom stereocenters. The van der Waals surface area contributed by atoms with Crippen molar-refractivity contribution in [3.8, 4) is 0 Å². The Morgan fingerprint density at radius 1 is 1.23 bits per heavy atom. The number of β-lactam (4-membered cyclic amide) rings is 1. The average Bonchev–Trinajstić information content (AvgIpc) is 3.04. The van der Waals surface area contributed by atoms with Crippen LogP contribution in [0.25, 0.3) is 0 Å². The second-order valence-corrected chi connectivity index (χ2v) is 10.4. The summed E-state index contributed by atoms with van der Waals surface area (Å²) in [5, 5.41) is 16.1. The Morgan fingerprint density at radius 3 is 2.54 bits per heavy atom. The normalized spacial score (nSPS) is 24.9. The zero-order chi connectivity index (χ0) is 24.8. The molecule has 14 heteroatoms. The van der Waals surface area contributed by atoms with Gasteiger partial charge in [-0.2, -0.15) is 0 Å². The molecule has 0 bridgehead atoms. The van der Waals surface area contributed by atoms with Crippen LogP contribution in [-0.2, 0) is 14.4 Å². The molecule has 1 aromatic heterocycles. The van der Waals surface area contributed by atoms with Gasteiger partial charge in [0, 0.05) is 10.9 Å². The number of carboxylic acid groups (broad SMARTS) is 1. The molecule has 2 aliphatic heterocycles. The van der Waals surface area contributed by atoms with Crippen LogP contribution in [0.15, 0.2) is 39.6 Å². The van der Waals surface area contributed by atoms with E-state index in [0.29, 0.717) is 18.4 Å². The van der Waals surface area contributed by atoms with Gasteiger partial charge in [0.2, 0.25) is 11.8 Å².